The molecule has 178 valence electrons. The van der Waals surface area contributed by atoms with Crippen LogP contribution in [0.3, 0.4) is 0 Å². The molecule has 0 saturated carbocycles. The molecule has 2 aliphatic rings. The highest BCUT2D eigenvalue weighted by molar-refractivity contribution is 5.77. The van der Waals surface area contributed by atoms with Crippen LogP contribution >= 0.6 is 0 Å². The first-order valence-corrected chi connectivity index (χ1v) is 12.3. The Labute approximate surface area is 198 Å². The molecule has 2 unspecified atom stereocenters. The summed E-state index contributed by atoms with van der Waals surface area (Å²) in [7, 11) is 0. The van der Waals surface area contributed by atoms with Crippen molar-refractivity contribution in [3.8, 4) is 11.5 Å². The molecule has 2 saturated heterocycles. The minimum atomic E-state index is -0.0364. The second kappa shape index (κ2) is 9.38. The summed E-state index contributed by atoms with van der Waals surface area (Å²) in [6.07, 6.45) is 2.15. The molecule has 2 N–H and O–H groups in total. The van der Waals surface area contributed by atoms with Gasteiger partial charge in [0.2, 0.25) is 5.91 Å². The van der Waals surface area contributed by atoms with Crippen LogP contribution < -0.4 is 0 Å². The molecule has 4 atom stereocenters. The molecule has 5 nitrogen and oxygen atoms in total. The lowest BCUT2D eigenvalue weighted by molar-refractivity contribution is -0.142. The van der Waals surface area contributed by atoms with Crippen molar-refractivity contribution in [1.29, 1.82) is 0 Å². The largest absolute Gasteiger partial charge is 0.508 e. The number of carbonyl (C=O) groups excluding carboxylic acids is 1. The van der Waals surface area contributed by atoms with Crippen LogP contribution in [-0.2, 0) is 16.6 Å². The Morgan fingerprint density at radius 3 is 2.45 bits per heavy atom. The molecule has 2 aromatic carbocycles. The number of hydrogen-bond donors (Lipinski definition) is 2. The van der Waals surface area contributed by atoms with Crippen LogP contribution in [0.1, 0.15) is 51.7 Å². The molecule has 5 heteroatoms. The van der Waals surface area contributed by atoms with E-state index in [1.54, 1.807) is 18.2 Å². The lowest BCUT2D eigenvalue weighted by Gasteiger charge is -2.56. The molecular formula is C28H38N2O3. The number of phenols is 2. The zero-order chi connectivity index (χ0) is 23.8. The quantitative estimate of drug-likeness (QED) is 0.701. The van der Waals surface area contributed by atoms with E-state index in [-0.39, 0.29) is 23.1 Å². The highest BCUT2D eigenvalue weighted by Crippen LogP contribution is 2.44. The zero-order valence-corrected chi connectivity index (χ0v) is 20.4. The molecule has 2 aliphatic heterocycles. The van der Waals surface area contributed by atoms with Crippen LogP contribution in [0.25, 0.3) is 0 Å². The number of rotatable bonds is 5. The summed E-state index contributed by atoms with van der Waals surface area (Å²) in [5, 5.41) is 19.6. The van der Waals surface area contributed by atoms with Crippen LogP contribution in [0.4, 0.5) is 0 Å². The Morgan fingerprint density at radius 1 is 1.06 bits per heavy atom. The average molecular weight is 451 g/mol. The first-order valence-electron chi connectivity index (χ1n) is 12.3. The highest BCUT2D eigenvalue weighted by atomic mass is 16.3. The number of piperazine rings is 1. The molecule has 0 aliphatic carbocycles. The minimum absolute atomic E-state index is 0.0364. The SMILES string of the molecule is CC(C)[C@H]1CN2CC(C)[C@](C)(c3cccc(O)c3)CC2CN1C(=O)CCc1ccc(O)cc1. The molecule has 33 heavy (non-hydrogen) atoms. The third-order valence-electron chi connectivity index (χ3n) is 8.16. The van der Waals surface area contributed by atoms with E-state index in [2.05, 4.69) is 43.6 Å². The number of phenolic OH excluding ortho intramolecular Hbond substituents is 2. The van der Waals surface area contributed by atoms with E-state index in [1.807, 2.05) is 24.3 Å². The predicted molar refractivity (Wildman–Crippen MR) is 131 cm³/mol. The molecule has 2 aromatic rings. The Hall–Kier alpha value is -2.53. The van der Waals surface area contributed by atoms with E-state index >= 15 is 0 Å². The first-order chi connectivity index (χ1) is 15.7. The molecule has 0 spiro atoms. The number of piperidine rings is 1. The van der Waals surface area contributed by atoms with Gasteiger partial charge >= 0.3 is 0 Å². The van der Waals surface area contributed by atoms with Crippen molar-refractivity contribution in [2.45, 2.75) is 64.5 Å². The number of amides is 1. The van der Waals surface area contributed by atoms with Gasteiger partial charge in [0.25, 0.3) is 0 Å². The van der Waals surface area contributed by atoms with Gasteiger partial charge in [-0.25, -0.2) is 0 Å². The van der Waals surface area contributed by atoms with E-state index in [0.717, 1.165) is 31.6 Å². The lowest BCUT2D eigenvalue weighted by Crippen LogP contribution is -2.66. The fourth-order valence-electron chi connectivity index (χ4n) is 5.81. The number of aryl methyl sites for hydroxylation is 1. The highest BCUT2D eigenvalue weighted by Gasteiger charge is 2.47. The van der Waals surface area contributed by atoms with Gasteiger partial charge in [-0.15, -0.1) is 0 Å². The Balaban J connectivity index is 1.51. The van der Waals surface area contributed by atoms with E-state index in [9.17, 15) is 15.0 Å². The van der Waals surface area contributed by atoms with E-state index in [1.165, 1.54) is 5.56 Å². The predicted octanol–water partition coefficient (Wildman–Crippen LogP) is 4.57. The molecule has 0 radical (unpaired) electrons. The van der Waals surface area contributed by atoms with E-state index in [0.29, 0.717) is 36.5 Å². The van der Waals surface area contributed by atoms with E-state index in [4.69, 9.17) is 0 Å². The van der Waals surface area contributed by atoms with Crippen LogP contribution in [0.2, 0.25) is 0 Å². The monoisotopic (exact) mass is 450 g/mol. The van der Waals surface area contributed by atoms with Crippen molar-refractivity contribution in [2.75, 3.05) is 19.6 Å². The Kier molecular flexibility index (Phi) is 6.71. The normalized spacial score (nSPS) is 28.0. The van der Waals surface area contributed by atoms with Crippen molar-refractivity contribution in [1.82, 2.24) is 9.80 Å². The summed E-state index contributed by atoms with van der Waals surface area (Å²) in [5.41, 5.74) is 2.22. The number of hydrogen-bond acceptors (Lipinski definition) is 4. The van der Waals surface area contributed by atoms with Crippen molar-refractivity contribution >= 4 is 5.91 Å². The van der Waals surface area contributed by atoms with Gasteiger partial charge in [-0.2, -0.15) is 0 Å². The first kappa shape index (κ1) is 23.6. The molecule has 0 bridgehead atoms. The van der Waals surface area contributed by atoms with Gasteiger partial charge in [0, 0.05) is 38.1 Å². The van der Waals surface area contributed by atoms with Crippen LogP contribution in [-0.4, -0.2) is 57.6 Å². The Morgan fingerprint density at radius 2 is 1.79 bits per heavy atom. The number of benzene rings is 2. The molecule has 0 aromatic heterocycles. The summed E-state index contributed by atoms with van der Waals surface area (Å²) in [5.74, 6) is 1.65. The second-order valence-corrected chi connectivity index (χ2v) is 10.7. The van der Waals surface area contributed by atoms with E-state index < -0.39 is 0 Å². The van der Waals surface area contributed by atoms with Crippen LogP contribution in [0.15, 0.2) is 48.5 Å². The van der Waals surface area contributed by atoms with Gasteiger partial charge in [0.15, 0.2) is 0 Å². The number of fused-ring (bicyclic) bond motifs is 1. The molecule has 2 fully saturated rings. The molecule has 2 heterocycles. The summed E-state index contributed by atoms with van der Waals surface area (Å²) >= 11 is 0. The zero-order valence-electron chi connectivity index (χ0n) is 20.4. The fraction of sp³-hybridized carbons (Fsp3) is 0.536. The Bertz CT molecular complexity index is 973. The van der Waals surface area contributed by atoms with Gasteiger partial charge in [-0.1, -0.05) is 52.0 Å². The number of aromatic hydroxyl groups is 2. The maximum Gasteiger partial charge on any atom is 0.223 e. The van der Waals surface area contributed by atoms with Crippen molar-refractivity contribution < 1.29 is 15.0 Å². The van der Waals surface area contributed by atoms with Crippen LogP contribution in [0.5, 0.6) is 11.5 Å². The third-order valence-corrected chi connectivity index (χ3v) is 8.16. The number of nitrogens with zero attached hydrogens (tertiary/aromatic N) is 2. The summed E-state index contributed by atoms with van der Waals surface area (Å²) in [6.45, 7) is 11.8. The smallest absolute Gasteiger partial charge is 0.223 e. The minimum Gasteiger partial charge on any atom is -0.508 e. The summed E-state index contributed by atoms with van der Waals surface area (Å²) in [4.78, 5) is 18.1. The van der Waals surface area contributed by atoms with Gasteiger partial charge in [-0.3, -0.25) is 9.69 Å². The summed E-state index contributed by atoms with van der Waals surface area (Å²) in [6, 6.07) is 15.4. The molecule has 1 amide bonds. The molecule has 4 rings (SSSR count). The van der Waals surface area contributed by atoms with Gasteiger partial charge in [0.05, 0.1) is 0 Å². The second-order valence-electron chi connectivity index (χ2n) is 10.7. The average Bonchev–Trinajstić information content (AvgIpc) is 2.78. The third kappa shape index (κ3) is 4.89. The maximum absolute atomic E-state index is 13.4. The molecular weight excluding hydrogens is 412 g/mol. The van der Waals surface area contributed by atoms with Crippen molar-refractivity contribution in [3.63, 3.8) is 0 Å². The summed E-state index contributed by atoms with van der Waals surface area (Å²) < 4.78 is 0. The standard InChI is InChI=1S/C28H38N2O3/c1-19(2)26-18-29-16-20(3)28(4,22-6-5-7-25(32)14-22)15-23(29)17-30(26)27(33)13-10-21-8-11-24(31)12-9-21/h5-9,11-12,14,19-20,23,26,31-32H,10,13,15-18H2,1-4H3/t20?,23?,26-,28-/m1/s1. The fourth-order valence-corrected chi connectivity index (χ4v) is 5.81. The van der Waals surface area contributed by atoms with Gasteiger partial charge < -0.3 is 15.1 Å². The van der Waals surface area contributed by atoms with Crippen molar-refractivity contribution in [2.24, 2.45) is 11.8 Å². The van der Waals surface area contributed by atoms with Crippen molar-refractivity contribution in [3.05, 3.63) is 59.7 Å². The maximum atomic E-state index is 13.4. The van der Waals surface area contributed by atoms with Gasteiger partial charge in [-0.05, 0) is 65.5 Å². The van der Waals surface area contributed by atoms with Crippen LogP contribution in [0, 0.1) is 11.8 Å². The topological polar surface area (TPSA) is 64.0 Å². The van der Waals surface area contributed by atoms with Gasteiger partial charge in [0.1, 0.15) is 11.5 Å². The number of carbonyl (C=O) groups is 1. The lowest BCUT2D eigenvalue weighted by atomic mass is 9.65.